The lowest BCUT2D eigenvalue weighted by Gasteiger charge is -2.28. The molecular weight excluding hydrogens is 459 g/mol. The highest BCUT2D eigenvalue weighted by Gasteiger charge is 2.43. The highest BCUT2D eigenvalue weighted by molar-refractivity contribution is 7.89. The Morgan fingerprint density at radius 1 is 0.697 bits per heavy atom. The first-order valence-electron chi connectivity index (χ1n) is 10.0. The Hall–Kier alpha value is -3.45. The molecule has 0 aliphatic rings. The van der Waals surface area contributed by atoms with Gasteiger partial charge in [0.2, 0.25) is 0 Å². The van der Waals surface area contributed by atoms with E-state index in [1.807, 2.05) is 0 Å². The van der Waals surface area contributed by atoms with E-state index in [0.29, 0.717) is 5.56 Å². The molecule has 0 aliphatic heterocycles. The summed E-state index contributed by atoms with van der Waals surface area (Å²) >= 11 is 0. The number of nitrogens with zero attached hydrogens (tertiary/aromatic N) is 1. The van der Waals surface area contributed by atoms with Crippen LogP contribution in [-0.4, -0.2) is 13.4 Å². The second kappa shape index (κ2) is 10.0. The van der Waals surface area contributed by atoms with E-state index in [1.165, 1.54) is 12.3 Å². The van der Waals surface area contributed by atoms with E-state index in [4.69, 9.17) is 9.05 Å². The molecule has 1 aromatic heterocycles. The standard InChI is InChI=1S/C24H21N2O5PS/c27-32(30-21-14-6-2-7-15-21,31-22-16-8-3-9-17-22)24(20-12-4-1-5-13-20)26-33(28,29)23-18-10-11-19-25-23/h1-19,24,26H/t24-/m1/s1. The minimum atomic E-state index is -4.23. The van der Waals surface area contributed by atoms with Crippen molar-refractivity contribution in [3.63, 3.8) is 0 Å². The molecule has 0 radical (unpaired) electrons. The third kappa shape index (κ3) is 5.68. The van der Waals surface area contributed by atoms with Crippen LogP contribution in [-0.2, 0) is 14.6 Å². The molecule has 0 saturated carbocycles. The first-order valence-corrected chi connectivity index (χ1v) is 13.1. The van der Waals surface area contributed by atoms with E-state index in [1.54, 1.807) is 103 Å². The molecule has 4 aromatic rings. The number of sulfonamides is 1. The lowest BCUT2D eigenvalue weighted by atomic mass is 10.2. The molecule has 0 fully saturated rings. The van der Waals surface area contributed by atoms with Gasteiger partial charge in [-0.05, 0) is 42.0 Å². The second-order valence-electron chi connectivity index (χ2n) is 6.95. The van der Waals surface area contributed by atoms with Gasteiger partial charge < -0.3 is 9.05 Å². The van der Waals surface area contributed by atoms with Gasteiger partial charge in [0.25, 0.3) is 10.0 Å². The van der Waals surface area contributed by atoms with E-state index in [2.05, 4.69) is 9.71 Å². The van der Waals surface area contributed by atoms with Gasteiger partial charge in [0, 0.05) is 6.20 Å². The minimum absolute atomic E-state index is 0.211. The number of benzene rings is 3. The predicted molar refractivity (Wildman–Crippen MR) is 125 cm³/mol. The number of hydrogen-bond donors (Lipinski definition) is 1. The molecule has 33 heavy (non-hydrogen) atoms. The summed E-state index contributed by atoms with van der Waals surface area (Å²) in [7, 11) is -8.40. The monoisotopic (exact) mass is 480 g/mol. The molecule has 1 heterocycles. The summed E-state index contributed by atoms with van der Waals surface area (Å²) in [5, 5.41) is -0.211. The van der Waals surface area contributed by atoms with Crippen molar-refractivity contribution in [1.82, 2.24) is 9.71 Å². The molecule has 7 nitrogen and oxygen atoms in total. The van der Waals surface area contributed by atoms with Crippen LogP contribution in [0.25, 0.3) is 0 Å². The Morgan fingerprint density at radius 2 is 1.18 bits per heavy atom. The molecule has 0 saturated heterocycles. The number of rotatable bonds is 9. The van der Waals surface area contributed by atoms with Crippen molar-refractivity contribution in [3.8, 4) is 11.5 Å². The molecule has 168 valence electrons. The van der Waals surface area contributed by atoms with Crippen molar-refractivity contribution < 1.29 is 22.0 Å². The maximum atomic E-state index is 14.4. The molecule has 0 aliphatic carbocycles. The average Bonchev–Trinajstić information content (AvgIpc) is 2.85. The summed E-state index contributed by atoms with van der Waals surface area (Å²) in [6, 6.07) is 30.0. The highest BCUT2D eigenvalue weighted by Crippen LogP contribution is 2.59. The van der Waals surface area contributed by atoms with Crippen LogP contribution in [0, 0.1) is 0 Å². The molecule has 4 rings (SSSR count). The molecular formula is C24H21N2O5PS. The van der Waals surface area contributed by atoms with Gasteiger partial charge in [-0.15, -0.1) is 0 Å². The number of hydrogen-bond acceptors (Lipinski definition) is 6. The fraction of sp³-hybridized carbons (Fsp3) is 0.0417. The highest BCUT2D eigenvalue weighted by atomic mass is 32.2. The molecule has 1 N–H and O–H groups in total. The maximum Gasteiger partial charge on any atom is 0.453 e. The van der Waals surface area contributed by atoms with Gasteiger partial charge >= 0.3 is 7.60 Å². The molecule has 9 heteroatoms. The van der Waals surface area contributed by atoms with Crippen LogP contribution in [0.4, 0.5) is 0 Å². The average molecular weight is 480 g/mol. The molecule has 3 aromatic carbocycles. The van der Waals surface area contributed by atoms with E-state index in [-0.39, 0.29) is 16.5 Å². The number of para-hydroxylation sites is 2. The predicted octanol–water partition coefficient (Wildman–Crippen LogP) is 5.41. The topological polar surface area (TPSA) is 94.6 Å². The summed E-state index contributed by atoms with van der Waals surface area (Å²) in [5.41, 5.74) is 0.409. The van der Waals surface area contributed by atoms with Crippen molar-refractivity contribution >= 4 is 17.6 Å². The fourth-order valence-corrected chi connectivity index (χ4v) is 6.60. The zero-order valence-corrected chi connectivity index (χ0v) is 19.1. The smallest absolute Gasteiger partial charge is 0.415 e. The van der Waals surface area contributed by atoms with Gasteiger partial charge in [0.15, 0.2) is 10.8 Å². The summed E-state index contributed by atoms with van der Waals surface area (Å²) in [6.45, 7) is 0. The molecule has 1 atom stereocenters. The zero-order chi connectivity index (χ0) is 23.2. The SMILES string of the molecule is O=P(Oc1ccccc1)(Oc1ccccc1)[C@@H](NS(=O)(=O)c1ccccn1)c1ccccc1. The minimum Gasteiger partial charge on any atom is -0.415 e. The molecule has 0 bridgehead atoms. The van der Waals surface area contributed by atoms with Crippen molar-refractivity contribution in [1.29, 1.82) is 0 Å². The van der Waals surface area contributed by atoms with Gasteiger partial charge in [-0.2, -0.15) is 4.72 Å². The van der Waals surface area contributed by atoms with Crippen LogP contribution in [0.2, 0.25) is 0 Å². The second-order valence-corrected chi connectivity index (χ2v) is 10.6. The summed E-state index contributed by atoms with van der Waals surface area (Å²) in [6.07, 6.45) is 1.37. The number of pyridine rings is 1. The van der Waals surface area contributed by atoms with Crippen molar-refractivity contribution in [2.45, 2.75) is 10.8 Å². The first-order chi connectivity index (χ1) is 16.0. The van der Waals surface area contributed by atoms with E-state index in [9.17, 15) is 13.0 Å². The van der Waals surface area contributed by atoms with Crippen molar-refractivity contribution in [2.24, 2.45) is 0 Å². The van der Waals surface area contributed by atoms with Gasteiger partial charge in [-0.3, -0.25) is 0 Å². The number of aromatic nitrogens is 1. The van der Waals surface area contributed by atoms with Crippen molar-refractivity contribution in [3.05, 3.63) is 121 Å². The Bertz CT molecular complexity index is 1280. The van der Waals surface area contributed by atoms with E-state index in [0.717, 1.165) is 0 Å². The van der Waals surface area contributed by atoms with Gasteiger partial charge in [0.05, 0.1) is 0 Å². The van der Waals surface area contributed by atoms with Gasteiger partial charge in [-0.1, -0.05) is 72.8 Å². The normalized spacial score (nSPS) is 12.6. The van der Waals surface area contributed by atoms with Gasteiger partial charge in [0.1, 0.15) is 11.5 Å². The van der Waals surface area contributed by atoms with E-state index >= 15 is 0 Å². The van der Waals surface area contributed by atoms with Crippen LogP contribution >= 0.6 is 7.60 Å². The van der Waals surface area contributed by atoms with Crippen LogP contribution in [0.3, 0.4) is 0 Å². The summed E-state index contributed by atoms with van der Waals surface area (Å²) in [4.78, 5) is 3.93. The Kier molecular flexibility index (Phi) is 6.89. The molecule has 0 unspecified atom stereocenters. The van der Waals surface area contributed by atoms with Crippen molar-refractivity contribution in [2.75, 3.05) is 0 Å². The van der Waals surface area contributed by atoms with Crippen LogP contribution in [0.5, 0.6) is 11.5 Å². The number of nitrogens with one attached hydrogen (secondary N) is 1. The lowest BCUT2D eigenvalue weighted by Crippen LogP contribution is -2.31. The quantitative estimate of drug-likeness (QED) is 0.322. The Balaban J connectivity index is 1.81. The zero-order valence-electron chi connectivity index (χ0n) is 17.4. The third-order valence-electron chi connectivity index (χ3n) is 4.56. The molecule has 0 spiro atoms. The van der Waals surface area contributed by atoms with Crippen LogP contribution in [0.15, 0.2) is 120 Å². The Morgan fingerprint density at radius 3 is 1.67 bits per heavy atom. The Labute approximate surface area is 192 Å². The van der Waals surface area contributed by atoms with Crippen LogP contribution in [0.1, 0.15) is 11.3 Å². The summed E-state index contributed by atoms with van der Waals surface area (Å²) < 4.78 is 55.0. The molecule has 0 amide bonds. The first kappa shape index (κ1) is 22.7. The third-order valence-corrected chi connectivity index (χ3v) is 8.07. The van der Waals surface area contributed by atoms with Crippen LogP contribution < -0.4 is 13.8 Å². The van der Waals surface area contributed by atoms with Gasteiger partial charge in [-0.25, -0.2) is 18.0 Å². The lowest BCUT2D eigenvalue weighted by molar-refractivity contribution is 0.368. The fourth-order valence-electron chi connectivity index (χ4n) is 3.04. The summed E-state index contributed by atoms with van der Waals surface area (Å²) in [5.74, 6) is -0.810. The largest absolute Gasteiger partial charge is 0.453 e. The maximum absolute atomic E-state index is 14.4. The van der Waals surface area contributed by atoms with E-state index < -0.39 is 23.4 Å².